The molecule has 0 amide bonds. The molecule has 3 nitrogen and oxygen atoms in total. The van der Waals surface area contributed by atoms with Gasteiger partial charge in [-0.2, -0.15) is 0 Å². The van der Waals surface area contributed by atoms with Crippen LogP contribution in [0.3, 0.4) is 0 Å². The van der Waals surface area contributed by atoms with E-state index in [2.05, 4.69) is 20.8 Å². The Bertz CT molecular complexity index is 337. The lowest BCUT2D eigenvalue weighted by Gasteiger charge is -2.57. The monoisotopic (exact) mass is 254 g/mol. The highest BCUT2D eigenvalue weighted by molar-refractivity contribution is 5.74. The number of ether oxygens (including phenoxy) is 1. The van der Waals surface area contributed by atoms with Gasteiger partial charge in [0.05, 0.1) is 19.1 Å². The number of rotatable bonds is 1. The van der Waals surface area contributed by atoms with Crippen LogP contribution in [-0.2, 0) is 9.53 Å². The molecule has 2 fully saturated rings. The lowest BCUT2D eigenvalue weighted by atomic mass is 9.48. The molecule has 0 aromatic carbocycles. The number of esters is 1. The van der Waals surface area contributed by atoms with Crippen molar-refractivity contribution < 1.29 is 14.6 Å². The summed E-state index contributed by atoms with van der Waals surface area (Å²) in [5.41, 5.74) is 0.159. The Labute approximate surface area is 110 Å². The van der Waals surface area contributed by atoms with Gasteiger partial charge in [-0.1, -0.05) is 27.2 Å². The Morgan fingerprint density at radius 3 is 2.50 bits per heavy atom. The van der Waals surface area contributed by atoms with Gasteiger partial charge in [-0.25, -0.2) is 0 Å². The smallest absolute Gasteiger partial charge is 0.311 e. The van der Waals surface area contributed by atoms with E-state index in [0.717, 1.165) is 25.7 Å². The highest BCUT2D eigenvalue weighted by atomic mass is 16.5. The fourth-order valence-electron chi connectivity index (χ4n) is 4.76. The van der Waals surface area contributed by atoms with Crippen molar-refractivity contribution in [3.63, 3.8) is 0 Å². The van der Waals surface area contributed by atoms with Crippen LogP contribution in [0.25, 0.3) is 0 Å². The molecule has 18 heavy (non-hydrogen) atoms. The Kier molecular flexibility index (Phi) is 3.48. The maximum absolute atomic E-state index is 12.1. The van der Waals surface area contributed by atoms with Crippen LogP contribution in [0.1, 0.15) is 52.9 Å². The van der Waals surface area contributed by atoms with Gasteiger partial charge >= 0.3 is 5.97 Å². The molecule has 0 spiro atoms. The fraction of sp³-hybridized carbons (Fsp3) is 0.933. The van der Waals surface area contributed by atoms with Crippen molar-refractivity contribution in [3.05, 3.63) is 0 Å². The number of carbonyl (C=O) groups excluding carboxylic acids is 1. The van der Waals surface area contributed by atoms with Crippen LogP contribution >= 0.6 is 0 Å². The Morgan fingerprint density at radius 2 is 1.89 bits per heavy atom. The highest BCUT2D eigenvalue weighted by Gasteiger charge is 2.57. The van der Waals surface area contributed by atoms with Crippen LogP contribution in [0.15, 0.2) is 0 Å². The highest BCUT2D eigenvalue weighted by Crippen LogP contribution is 2.59. The molecule has 0 aromatic rings. The molecule has 0 radical (unpaired) electrons. The zero-order chi connectivity index (χ0) is 13.6. The molecule has 4 atom stereocenters. The molecule has 0 saturated heterocycles. The second-order valence-electron chi connectivity index (χ2n) is 7.05. The van der Waals surface area contributed by atoms with Crippen LogP contribution in [0.2, 0.25) is 0 Å². The van der Waals surface area contributed by atoms with Gasteiger partial charge in [-0.05, 0) is 42.4 Å². The second kappa shape index (κ2) is 4.52. The molecule has 0 bridgehead atoms. The van der Waals surface area contributed by atoms with Crippen molar-refractivity contribution in [2.75, 3.05) is 7.11 Å². The van der Waals surface area contributed by atoms with E-state index in [1.54, 1.807) is 0 Å². The van der Waals surface area contributed by atoms with Gasteiger partial charge in [0, 0.05) is 0 Å². The topological polar surface area (TPSA) is 46.5 Å². The fourth-order valence-corrected chi connectivity index (χ4v) is 4.76. The first-order chi connectivity index (χ1) is 8.33. The summed E-state index contributed by atoms with van der Waals surface area (Å²) >= 11 is 0. The van der Waals surface area contributed by atoms with Crippen molar-refractivity contribution in [2.45, 2.75) is 59.0 Å². The summed E-state index contributed by atoms with van der Waals surface area (Å²) in [5, 5.41) is 10.2. The van der Waals surface area contributed by atoms with Crippen molar-refractivity contribution in [2.24, 2.45) is 22.7 Å². The predicted octanol–water partition coefficient (Wildman–Crippen LogP) is 2.76. The third kappa shape index (κ3) is 1.97. The SMILES string of the molecule is COC(=O)[C@@H]1[C@H](O)CC[C@H]2C(C)(C)CCC[C@@]12C. The minimum atomic E-state index is -0.535. The van der Waals surface area contributed by atoms with E-state index >= 15 is 0 Å². The predicted molar refractivity (Wildman–Crippen MR) is 70.0 cm³/mol. The zero-order valence-corrected chi connectivity index (χ0v) is 12.0. The lowest BCUT2D eigenvalue weighted by molar-refractivity contribution is -0.175. The van der Waals surface area contributed by atoms with Crippen LogP contribution in [0, 0.1) is 22.7 Å². The summed E-state index contributed by atoms with van der Waals surface area (Å²) in [6.07, 6.45) is 4.60. The molecular weight excluding hydrogens is 228 g/mol. The van der Waals surface area contributed by atoms with Crippen molar-refractivity contribution >= 4 is 5.97 Å². The summed E-state index contributed by atoms with van der Waals surface area (Å²) in [4.78, 5) is 12.1. The normalized spacial score (nSPS) is 43.1. The minimum absolute atomic E-state index is 0.105. The first-order valence-electron chi connectivity index (χ1n) is 7.09. The van der Waals surface area contributed by atoms with Crippen LogP contribution < -0.4 is 0 Å². The van der Waals surface area contributed by atoms with Gasteiger partial charge in [0.1, 0.15) is 0 Å². The third-order valence-electron chi connectivity index (χ3n) is 5.58. The molecule has 0 heterocycles. The van der Waals surface area contributed by atoms with Crippen molar-refractivity contribution in [1.29, 1.82) is 0 Å². The number of aliphatic hydroxyl groups is 1. The molecule has 2 aliphatic rings. The van der Waals surface area contributed by atoms with E-state index in [0.29, 0.717) is 5.92 Å². The van der Waals surface area contributed by atoms with Crippen molar-refractivity contribution in [1.82, 2.24) is 0 Å². The molecule has 0 aliphatic heterocycles. The molecule has 3 heteroatoms. The van der Waals surface area contributed by atoms with Crippen LogP contribution in [-0.4, -0.2) is 24.3 Å². The summed E-state index contributed by atoms with van der Waals surface area (Å²) in [7, 11) is 1.43. The Hall–Kier alpha value is -0.570. The molecule has 104 valence electrons. The van der Waals surface area contributed by atoms with Gasteiger partial charge in [0.2, 0.25) is 0 Å². The molecule has 2 saturated carbocycles. The Morgan fingerprint density at radius 1 is 1.22 bits per heavy atom. The van der Waals surface area contributed by atoms with Gasteiger partial charge in [-0.3, -0.25) is 4.79 Å². The van der Waals surface area contributed by atoms with E-state index in [1.807, 2.05) is 0 Å². The summed E-state index contributed by atoms with van der Waals surface area (Å²) in [6, 6.07) is 0. The maximum Gasteiger partial charge on any atom is 0.311 e. The van der Waals surface area contributed by atoms with E-state index in [1.165, 1.54) is 13.5 Å². The van der Waals surface area contributed by atoms with Gasteiger partial charge < -0.3 is 9.84 Å². The summed E-state index contributed by atoms with van der Waals surface area (Å²) < 4.78 is 4.94. The lowest BCUT2D eigenvalue weighted by Crippen LogP contribution is -2.55. The molecule has 0 aromatic heterocycles. The molecular formula is C15H26O3. The third-order valence-corrected chi connectivity index (χ3v) is 5.58. The number of methoxy groups -OCH3 is 1. The standard InChI is InChI=1S/C15H26O3/c1-14(2)8-5-9-15(3)11(14)7-6-10(16)12(15)13(17)18-4/h10-12,16H,5-9H2,1-4H3/t10-,11+,12+,15-/m1/s1. The summed E-state index contributed by atoms with van der Waals surface area (Å²) in [5.74, 6) is -0.0699. The zero-order valence-electron chi connectivity index (χ0n) is 12.0. The number of carbonyl (C=O) groups is 1. The van der Waals surface area contributed by atoms with Gasteiger partial charge in [0.25, 0.3) is 0 Å². The average molecular weight is 254 g/mol. The first kappa shape index (κ1) is 13.9. The maximum atomic E-state index is 12.1. The second-order valence-corrected chi connectivity index (χ2v) is 7.05. The largest absolute Gasteiger partial charge is 0.469 e. The number of fused-ring (bicyclic) bond motifs is 1. The molecule has 2 aliphatic carbocycles. The van der Waals surface area contributed by atoms with E-state index in [9.17, 15) is 9.90 Å². The van der Waals surface area contributed by atoms with E-state index in [4.69, 9.17) is 4.74 Å². The Balaban J connectivity index is 2.37. The van der Waals surface area contributed by atoms with Gasteiger partial charge in [0.15, 0.2) is 0 Å². The average Bonchev–Trinajstić information content (AvgIpc) is 2.26. The minimum Gasteiger partial charge on any atom is -0.469 e. The first-order valence-corrected chi connectivity index (χ1v) is 7.09. The number of aliphatic hydroxyl groups excluding tert-OH is 1. The van der Waals surface area contributed by atoms with E-state index in [-0.39, 0.29) is 22.7 Å². The molecule has 1 N–H and O–H groups in total. The van der Waals surface area contributed by atoms with Crippen molar-refractivity contribution in [3.8, 4) is 0 Å². The molecule has 0 unspecified atom stereocenters. The molecule has 2 rings (SSSR count). The van der Waals surface area contributed by atoms with Gasteiger partial charge in [-0.15, -0.1) is 0 Å². The number of hydrogen-bond donors (Lipinski definition) is 1. The quantitative estimate of drug-likeness (QED) is 0.732. The summed E-state index contributed by atoms with van der Waals surface area (Å²) in [6.45, 7) is 6.80. The number of hydrogen-bond acceptors (Lipinski definition) is 3. The van der Waals surface area contributed by atoms with Crippen LogP contribution in [0.5, 0.6) is 0 Å². The van der Waals surface area contributed by atoms with E-state index < -0.39 is 6.10 Å². The van der Waals surface area contributed by atoms with Crippen LogP contribution in [0.4, 0.5) is 0 Å².